The molecule has 1 rings (SSSR count). The maximum atomic E-state index is 11.0. The van der Waals surface area contributed by atoms with E-state index in [1.807, 2.05) is 13.1 Å². The Hall–Kier alpha value is -0.590. The van der Waals surface area contributed by atoms with E-state index in [9.17, 15) is 8.42 Å². The summed E-state index contributed by atoms with van der Waals surface area (Å²) >= 11 is 1.50. The topological polar surface area (TPSA) is 59.1 Å². The molecule has 1 aromatic heterocycles. The van der Waals surface area contributed by atoms with E-state index in [2.05, 4.69) is 23.3 Å². The van der Waals surface area contributed by atoms with Crippen molar-refractivity contribution < 1.29 is 8.42 Å². The van der Waals surface area contributed by atoms with Gasteiger partial charge in [0.05, 0.1) is 10.8 Å². The van der Waals surface area contributed by atoms with Gasteiger partial charge in [0.15, 0.2) is 0 Å². The second kappa shape index (κ2) is 7.11. The Morgan fingerprint density at radius 3 is 2.72 bits per heavy atom. The van der Waals surface area contributed by atoms with Crippen molar-refractivity contribution >= 4 is 21.6 Å². The van der Waals surface area contributed by atoms with Gasteiger partial charge in [-0.1, -0.05) is 13.0 Å². The van der Waals surface area contributed by atoms with Crippen LogP contribution in [0.3, 0.4) is 0 Å². The van der Waals surface area contributed by atoms with Crippen molar-refractivity contribution in [2.24, 2.45) is 0 Å². The van der Waals surface area contributed by atoms with E-state index in [0.717, 1.165) is 29.2 Å². The third-order valence-corrected chi connectivity index (χ3v) is 4.67. The molecule has 0 aliphatic rings. The highest BCUT2D eigenvalue weighted by Crippen LogP contribution is 2.20. The lowest BCUT2D eigenvalue weighted by Gasteiger charge is -2.07. The first-order valence-electron chi connectivity index (χ1n) is 5.89. The Bertz CT molecular complexity index is 487. The van der Waals surface area contributed by atoms with Gasteiger partial charge in [-0.15, -0.1) is 11.8 Å². The summed E-state index contributed by atoms with van der Waals surface area (Å²) in [4.78, 5) is 4.38. The normalized spacial score (nSPS) is 11.7. The van der Waals surface area contributed by atoms with Crippen LogP contribution in [0.1, 0.15) is 18.1 Å². The maximum absolute atomic E-state index is 11.0. The number of aryl methyl sites for hydroxylation is 1. The molecule has 0 aromatic carbocycles. The summed E-state index contributed by atoms with van der Waals surface area (Å²) < 4.78 is 22.1. The fourth-order valence-electron chi connectivity index (χ4n) is 1.43. The zero-order chi connectivity index (χ0) is 13.6. The Morgan fingerprint density at radius 2 is 2.17 bits per heavy atom. The molecule has 0 saturated heterocycles. The minimum Gasteiger partial charge on any atom is -0.313 e. The molecule has 0 bridgehead atoms. The standard InChI is InChI=1S/C12H20N2O2S2/c1-4-13-8-11-7-10(2)12(14-9-11)17-5-6-18(3,15)16/h7,9,13H,4-6,8H2,1-3H3. The summed E-state index contributed by atoms with van der Waals surface area (Å²) in [5.74, 6) is 0.747. The van der Waals surface area contributed by atoms with Gasteiger partial charge in [0.2, 0.25) is 0 Å². The van der Waals surface area contributed by atoms with Gasteiger partial charge in [0, 0.05) is 24.8 Å². The monoisotopic (exact) mass is 288 g/mol. The van der Waals surface area contributed by atoms with Crippen molar-refractivity contribution in [2.75, 3.05) is 24.3 Å². The molecule has 0 amide bonds. The highest BCUT2D eigenvalue weighted by molar-refractivity contribution is 8.00. The number of hydrogen-bond donors (Lipinski definition) is 1. The van der Waals surface area contributed by atoms with E-state index in [0.29, 0.717) is 5.75 Å². The molecule has 1 aromatic rings. The molecule has 1 heterocycles. The second-order valence-corrected chi connectivity index (χ2v) is 7.57. The molecule has 0 atom stereocenters. The van der Waals surface area contributed by atoms with E-state index in [1.54, 1.807) is 0 Å². The number of pyridine rings is 1. The van der Waals surface area contributed by atoms with Crippen molar-refractivity contribution in [2.45, 2.75) is 25.4 Å². The van der Waals surface area contributed by atoms with E-state index in [-0.39, 0.29) is 5.75 Å². The molecule has 0 unspecified atom stereocenters. The molecule has 4 nitrogen and oxygen atoms in total. The zero-order valence-electron chi connectivity index (χ0n) is 11.1. The lowest BCUT2D eigenvalue weighted by Crippen LogP contribution is -2.12. The van der Waals surface area contributed by atoms with Crippen LogP contribution in [-0.4, -0.2) is 37.7 Å². The van der Waals surface area contributed by atoms with E-state index < -0.39 is 9.84 Å². The number of nitrogens with one attached hydrogen (secondary N) is 1. The highest BCUT2D eigenvalue weighted by atomic mass is 32.2. The van der Waals surface area contributed by atoms with Gasteiger partial charge in [-0.3, -0.25) is 0 Å². The van der Waals surface area contributed by atoms with Gasteiger partial charge >= 0.3 is 0 Å². The summed E-state index contributed by atoms with van der Waals surface area (Å²) in [5.41, 5.74) is 2.26. The minimum atomic E-state index is -2.89. The first kappa shape index (κ1) is 15.5. The van der Waals surface area contributed by atoms with Crippen LogP contribution in [0.4, 0.5) is 0 Å². The van der Waals surface area contributed by atoms with Crippen LogP contribution in [0.15, 0.2) is 17.3 Å². The predicted octanol–water partition coefficient (Wildman–Crippen LogP) is 1.64. The fraction of sp³-hybridized carbons (Fsp3) is 0.583. The van der Waals surface area contributed by atoms with Crippen LogP contribution in [0.5, 0.6) is 0 Å². The third kappa shape index (κ3) is 5.84. The molecule has 102 valence electrons. The molecule has 1 N–H and O–H groups in total. The SMILES string of the molecule is CCNCc1cnc(SCCS(C)(=O)=O)c(C)c1. The van der Waals surface area contributed by atoms with Crippen molar-refractivity contribution in [3.05, 3.63) is 23.4 Å². The fourth-order valence-corrected chi connectivity index (χ4v) is 3.58. The molecule has 6 heteroatoms. The van der Waals surface area contributed by atoms with Crippen molar-refractivity contribution in [3.63, 3.8) is 0 Å². The molecular formula is C12H20N2O2S2. The van der Waals surface area contributed by atoms with Crippen LogP contribution >= 0.6 is 11.8 Å². The molecule has 18 heavy (non-hydrogen) atoms. The number of rotatable bonds is 7. The predicted molar refractivity (Wildman–Crippen MR) is 76.8 cm³/mol. The zero-order valence-corrected chi connectivity index (χ0v) is 12.7. The van der Waals surface area contributed by atoms with Gasteiger partial charge < -0.3 is 5.32 Å². The molecule has 0 aliphatic heterocycles. The largest absolute Gasteiger partial charge is 0.313 e. The number of sulfone groups is 1. The van der Waals surface area contributed by atoms with Crippen LogP contribution in [-0.2, 0) is 16.4 Å². The number of hydrogen-bond acceptors (Lipinski definition) is 5. The van der Waals surface area contributed by atoms with Crippen LogP contribution in [0.25, 0.3) is 0 Å². The Kier molecular flexibility index (Phi) is 6.11. The van der Waals surface area contributed by atoms with Gasteiger partial charge in [0.1, 0.15) is 9.84 Å². The highest BCUT2D eigenvalue weighted by Gasteiger charge is 2.06. The van der Waals surface area contributed by atoms with Crippen LogP contribution < -0.4 is 5.32 Å². The van der Waals surface area contributed by atoms with Gasteiger partial charge in [0.25, 0.3) is 0 Å². The van der Waals surface area contributed by atoms with E-state index in [4.69, 9.17) is 0 Å². The van der Waals surface area contributed by atoms with Crippen molar-refractivity contribution in [1.29, 1.82) is 0 Å². The summed E-state index contributed by atoms with van der Waals surface area (Å²) in [5, 5.41) is 4.16. The maximum Gasteiger partial charge on any atom is 0.148 e. The number of aromatic nitrogens is 1. The summed E-state index contributed by atoms with van der Waals surface area (Å²) in [7, 11) is -2.89. The minimum absolute atomic E-state index is 0.192. The molecule has 0 spiro atoms. The average Bonchev–Trinajstić information content (AvgIpc) is 2.27. The van der Waals surface area contributed by atoms with Crippen molar-refractivity contribution in [3.8, 4) is 0 Å². The van der Waals surface area contributed by atoms with E-state index in [1.165, 1.54) is 18.0 Å². The molecule has 0 saturated carbocycles. The smallest absolute Gasteiger partial charge is 0.148 e. The average molecular weight is 288 g/mol. The van der Waals surface area contributed by atoms with Crippen LogP contribution in [0.2, 0.25) is 0 Å². The summed E-state index contributed by atoms with van der Waals surface area (Å²) in [6.07, 6.45) is 3.10. The van der Waals surface area contributed by atoms with E-state index >= 15 is 0 Å². The van der Waals surface area contributed by atoms with Crippen LogP contribution in [0, 0.1) is 6.92 Å². The molecule has 0 aliphatic carbocycles. The Labute approximate surface area is 114 Å². The molecule has 0 fully saturated rings. The molecule has 0 radical (unpaired) electrons. The number of nitrogens with zero attached hydrogens (tertiary/aromatic N) is 1. The Morgan fingerprint density at radius 1 is 1.44 bits per heavy atom. The Balaban J connectivity index is 2.57. The van der Waals surface area contributed by atoms with Crippen molar-refractivity contribution in [1.82, 2.24) is 10.3 Å². The second-order valence-electron chi connectivity index (χ2n) is 4.22. The number of thioether (sulfide) groups is 1. The first-order valence-corrected chi connectivity index (χ1v) is 8.93. The van der Waals surface area contributed by atoms with Gasteiger partial charge in [-0.25, -0.2) is 13.4 Å². The van der Waals surface area contributed by atoms with Gasteiger partial charge in [-0.2, -0.15) is 0 Å². The lowest BCUT2D eigenvalue weighted by atomic mass is 10.2. The third-order valence-electron chi connectivity index (χ3n) is 2.36. The quantitative estimate of drug-likeness (QED) is 0.773. The lowest BCUT2D eigenvalue weighted by molar-refractivity contribution is 0.603. The molecular weight excluding hydrogens is 268 g/mol. The summed E-state index contributed by atoms with van der Waals surface area (Å²) in [6, 6.07) is 2.10. The first-order chi connectivity index (χ1) is 8.42. The summed E-state index contributed by atoms with van der Waals surface area (Å²) in [6.45, 7) is 5.82. The van der Waals surface area contributed by atoms with Gasteiger partial charge in [-0.05, 0) is 24.6 Å².